The number of hydrogen-bond acceptors (Lipinski definition) is 5. The van der Waals surface area contributed by atoms with Crippen LogP contribution in [0.4, 0.5) is 0 Å². The minimum atomic E-state index is 0.499. The van der Waals surface area contributed by atoms with Crippen molar-refractivity contribution in [3.63, 3.8) is 0 Å². The van der Waals surface area contributed by atoms with E-state index in [1.807, 2.05) is 19.1 Å². The Morgan fingerprint density at radius 1 is 1.36 bits per heavy atom. The van der Waals surface area contributed by atoms with Gasteiger partial charge in [0.2, 0.25) is 0 Å². The molecule has 140 valence electrons. The summed E-state index contributed by atoms with van der Waals surface area (Å²) in [5.41, 5.74) is 2.13. The van der Waals surface area contributed by atoms with Crippen molar-refractivity contribution in [2.45, 2.75) is 26.4 Å². The lowest BCUT2D eigenvalue weighted by atomic mass is 10.1. The first-order valence-electron chi connectivity index (χ1n) is 8.94. The van der Waals surface area contributed by atoms with Crippen molar-refractivity contribution in [1.29, 1.82) is 0 Å². The van der Waals surface area contributed by atoms with E-state index in [0.717, 1.165) is 62.0 Å². The lowest BCUT2D eigenvalue weighted by molar-refractivity contribution is 0.0136. The number of para-hydroxylation sites is 1. The molecule has 5 nitrogen and oxygen atoms in total. The van der Waals surface area contributed by atoms with E-state index in [4.69, 9.17) is 14.2 Å². The molecule has 1 aromatic rings. The van der Waals surface area contributed by atoms with Crippen LogP contribution in [-0.2, 0) is 11.3 Å². The molecule has 0 aromatic heterocycles. The Labute approximate surface area is 152 Å². The number of ether oxygens (including phenoxy) is 3. The minimum absolute atomic E-state index is 0.499. The molecule has 1 aromatic carbocycles. The first kappa shape index (κ1) is 19.8. The lowest BCUT2D eigenvalue weighted by Crippen LogP contribution is -2.46. The zero-order chi connectivity index (χ0) is 18.2. The van der Waals surface area contributed by atoms with Crippen LogP contribution >= 0.6 is 0 Å². The molecule has 0 unspecified atom stereocenters. The highest BCUT2D eigenvalue weighted by Crippen LogP contribution is 2.32. The van der Waals surface area contributed by atoms with Gasteiger partial charge < -0.3 is 19.1 Å². The van der Waals surface area contributed by atoms with E-state index in [-0.39, 0.29) is 0 Å². The van der Waals surface area contributed by atoms with Gasteiger partial charge in [-0.3, -0.25) is 4.90 Å². The average Bonchev–Trinajstić information content (AvgIpc) is 2.60. The van der Waals surface area contributed by atoms with Crippen molar-refractivity contribution in [2.24, 2.45) is 0 Å². The van der Waals surface area contributed by atoms with E-state index < -0.39 is 0 Å². The topological polar surface area (TPSA) is 34.2 Å². The molecule has 1 aliphatic heterocycles. The summed E-state index contributed by atoms with van der Waals surface area (Å²) >= 11 is 0. The van der Waals surface area contributed by atoms with Crippen molar-refractivity contribution in [1.82, 2.24) is 9.80 Å². The van der Waals surface area contributed by atoms with Gasteiger partial charge in [-0.2, -0.15) is 0 Å². The summed E-state index contributed by atoms with van der Waals surface area (Å²) in [6.45, 7) is 14.2. The number of morpholine rings is 1. The fourth-order valence-corrected chi connectivity index (χ4v) is 3.15. The number of nitrogens with zero attached hydrogens (tertiary/aromatic N) is 2. The monoisotopic (exact) mass is 348 g/mol. The van der Waals surface area contributed by atoms with Gasteiger partial charge in [0.25, 0.3) is 0 Å². The van der Waals surface area contributed by atoms with Crippen LogP contribution in [0.2, 0.25) is 0 Å². The standard InChI is InChI=1S/C20H32N2O3/c1-16(2)15-25-20-18(7-6-8-19(20)23-5)14-21(4)13-17(3)22-9-11-24-12-10-22/h6-8,17H,1,9-15H2,2-5H3/t17-/m1/s1. The van der Waals surface area contributed by atoms with E-state index in [0.29, 0.717) is 12.6 Å². The zero-order valence-corrected chi connectivity index (χ0v) is 16.1. The van der Waals surface area contributed by atoms with Gasteiger partial charge in [-0.15, -0.1) is 0 Å². The quantitative estimate of drug-likeness (QED) is 0.641. The number of methoxy groups -OCH3 is 1. The van der Waals surface area contributed by atoms with Crippen LogP contribution < -0.4 is 9.47 Å². The van der Waals surface area contributed by atoms with Gasteiger partial charge in [-0.1, -0.05) is 18.7 Å². The second-order valence-electron chi connectivity index (χ2n) is 6.89. The number of rotatable bonds is 9. The van der Waals surface area contributed by atoms with Crippen LogP contribution in [-0.4, -0.2) is 69.5 Å². The fourth-order valence-electron chi connectivity index (χ4n) is 3.15. The largest absolute Gasteiger partial charge is 0.493 e. The van der Waals surface area contributed by atoms with Crippen molar-refractivity contribution in [3.05, 3.63) is 35.9 Å². The van der Waals surface area contributed by atoms with Gasteiger partial charge in [-0.05, 0) is 32.5 Å². The molecule has 0 radical (unpaired) electrons. The van der Waals surface area contributed by atoms with Crippen LogP contribution in [0.15, 0.2) is 30.4 Å². The highest BCUT2D eigenvalue weighted by molar-refractivity contribution is 5.46. The van der Waals surface area contributed by atoms with Gasteiger partial charge in [0.15, 0.2) is 11.5 Å². The van der Waals surface area contributed by atoms with Crippen molar-refractivity contribution < 1.29 is 14.2 Å². The molecule has 0 aliphatic carbocycles. The maximum Gasteiger partial charge on any atom is 0.166 e. The predicted octanol–water partition coefficient (Wildman–Crippen LogP) is 2.80. The highest BCUT2D eigenvalue weighted by Gasteiger charge is 2.19. The summed E-state index contributed by atoms with van der Waals surface area (Å²) in [4.78, 5) is 4.83. The van der Waals surface area contributed by atoms with Crippen LogP contribution in [0, 0.1) is 0 Å². The second-order valence-corrected chi connectivity index (χ2v) is 6.89. The average molecular weight is 348 g/mol. The van der Waals surface area contributed by atoms with E-state index in [1.165, 1.54) is 0 Å². The van der Waals surface area contributed by atoms with Gasteiger partial charge >= 0.3 is 0 Å². The summed E-state index contributed by atoms with van der Waals surface area (Å²) in [5, 5.41) is 0. The molecule has 1 aliphatic rings. The molecule has 0 N–H and O–H groups in total. The molecular weight excluding hydrogens is 316 g/mol. The molecule has 1 fully saturated rings. The molecule has 2 rings (SSSR count). The second kappa shape index (κ2) is 9.80. The van der Waals surface area contributed by atoms with Gasteiger partial charge in [0.1, 0.15) is 6.61 Å². The van der Waals surface area contributed by atoms with Crippen LogP contribution in [0.5, 0.6) is 11.5 Å². The summed E-state index contributed by atoms with van der Waals surface area (Å²) in [6.07, 6.45) is 0. The number of benzene rings is 1. The molecular formula is C20H32N2O3. The van der Waals surface area contributed by atoms with Crippen LogP contribution in [0.3, 0.4) is 0 Å². The van der Waals surface area contributed by atoms with E-state index in [1.54, 1.807) is 7.11 Å². The Balaban J connectivity index is 2.00. The van der Waals surface area contributed by atoms with Crippen LogP contribution in [0.25, 0.3) is 0 Å². The van der Waals surface area contributed by atoms with Gasteiger partial charge in [0.05, 0.1) is 20.3 Å². The Kier molecular flexibility index (Phi) is 7.75. The molecule has 0 amide bonds. The number of likely N-dealkylation sites (N-methyl/N-ethyl adjacent to an activating group) is 1. The minimum Gasteiger partial charge on any atom is -0.493 e. The van der Waals surface area contributed by atoms with E-state index in [9.17, 15) is 0 Å². The number of hydrogen-bond donors (Lipinski definition) is 0. The van der Waals surface area contributed by atoms with Crippen molar-refractivity contribution in [3.8, 4) is 11.5 Å². The molecule has 0 saturated carbocycles. The molecule has 1 atom stereocenters. The van der Waals surface area contributed by atoms with E-state index >= 15 is 0 Å². The molecule has 5 heteroatoms. The van der Waals surface area contributed by atoms with Crippen LogP contribution in [0.1, 0.15) is 19.4 Å². The predicted molar refractivity (Wildman–Crippen MR) is 101 cm³/mol. The first-order valence-corrected chi connectivity index (χ1v) is 8.94. The third-order valence-electron chi connectivity index (χ3n) is 4.43. The molecule has 1 saturated heterocycles. The van der Waals surface area contributed by atoms with Gasteiger partial charge in [-0.25, -0.2) is 0 Å². The lowest BCUT2D eigenvalue weighted by Gasteiger charge is -2.34. The Hall–Kier alpha value is -1.56. The molecule has 0 spiro atoms. The Bertz CT molecular complexity index is 556. The zero-order valence-electron chi connectivity index (χ0n) is 16.1. The third kappa shape index (κ3) is 6.03. The summed E-state index contributed by atoms with van der Waals surface area (Å²) < 4.78 is 16.9. The Morgan fingerprint density at radius 2 is 2.08 bits per heavy atom. The molecule has 1 heterocycles. The smallest absolute Gasteiger partial charge is 0.166 e. The normalized spacial score (nSPS) is 16.7. The molecule has 25 heavy (non-hydrogen) atoms. The SMILES string of the molecule is C=C(C)COc1c(CN(C)C[C@@H](C)N2CCOCC2)cccc1OC. The van der Waals surface area contributed by atoms with Crippen molar-refractivity contribution >= 4 is 0 Å². The third-order valence-corrected chi connectivity index (χ3v) is 4.43. The maximum absolute atomic E-state index is 5.96. The van der Waals surface area contributed by atoms with E-state index in [2.05, 4.69) is 36.4 Å². The summed E-state index contributed by atoms with van der Waals surface area (Å²) in [7, 11) is 3.83. The highest BCUT2D eigenvalue weighted by atomic mass is 16.5. The van der Waals surface area contributed by atoms with Gasteiger partial charge in [0, 0.05) is 37.8 Å². The summed E-state index contributed by atoms with van der Waals surface area (Å²) in [5.74, 6) is 1.59. The Morgan fingerprint density at radius 3 is 2.72 bits per heavy atom. The van der Waals surface area contributed by atoms with Crippen molar-refractivity contribution in [2.75, 3.05) is 53.6 Å². The summed E-state index contributed by atoms with van der Waals surface area (Å²) in [6, 6.07) is 6.56. The molecule has 0 bridgehead atoms. The first-order chi connectivity index (χ1) is 12.0. The fraction of sp³-hybridized carbons (Fsp3) is 0.600. The maximum atomic E-state index is 5.96.